The summed E-state index contributed by atoms with van der Waals surface area (Å²) in [6.45, 7) is 1.42. The Kier molecular flexibility index (Phi) is 11.2. The number of aliphatic imine (C=N–C) groups is 1. The van der Waals surface area contributed by atoms with Crippen LogP contribution in [0.15, 0.2) is 35.5 Å². The number of aliphatic carboxylic acids is 2. The molecule has 4 atom stereocenters. The summed E-state index contributed by atoms with van der Waals surface area (Å²) in [5, 5.41) is 26.3. The zero-order valence-electron chi connectivity index (χ0n) is 21.3. The number of nitrogens with one attached hydrogen (secondary N) is 4. The molecule has 2 aromatic rings. The Bertz CT molecular complexity index is 1220. The van der Waals surface area contributed by atoms with Gasteiger partial charge in [-0.2, -0.15) is 0 Å². The molecule has 0 radical (unpaired) electrons. The first-order chi connectivity index (χ1) is 18.4. The molecule has 0 saturated carbocycles. The summed E-state index contributed by atoms with van der Waals surface area (Å²) in [6, 6.07) is 2.21. The summed E-state index contributed by atoms with van der Waals surface area (Å²) in [4.78, 5) is 68.0. The molecule has 212 valence electrons. The van der Waals surface area contributed by atoms with Crippen LogP contribution in [0.4, 0.5) is 0 Å². The molecule has 0 aliphatic rings. The monoisotopic (exact) mass is 546 g/mol. The first kappa shape index (κ1) is 30.6. The van der Waals surface area contributed by atoms with Crippen LogP contribution in [0.25, 0.3) is 10.9 Å². The largest absolute Gasteiger partial charge is 0.481 e. The van der Waals surface area contributed by atoms with Crippen LogP contribution < -0.4 is 33.2 Å². The van der Waals surface area contributed by atoms with Crippen LogP contribution in [0.5, 0.6) is 0 Å². The number of H-pyrrole nitrogens is 1. The maximum absolute atomic E-state index is 13.3. The van der Waals surface area contributed by atoms with Crippen molar-refractivity contribution in [1.82, 2.24) is 20.9 Å². The molecule has 0 aliphatic carbocycles. The lowest BCUT2D eigenvalue weighted by atomic mass is 10.0. The molecule has 0 aliphatic heterocycles. The minimum atomic E-state index is -1.42. The molecule has 0 bridgehead atoms. The summed E-state index contributed by atoms with van der Waals surface area (Å²) in [7, 11) is 0. The van der Waals surface area contributed by atoms with E-state index in [1.807, 2.05) is 24.3 Å². The number of guanidine groups is 1. The van der Waals surface area contributed by atoms with Crippen molar-refractivity contribution in [2.75, 3.05) is 6.54 Å². The lowest BCUT2D eigenvalue weighted by Gasteiger charge is -2.24. The Balaban J connectivity index is 2.28. The number of carbonyl (C=O) groups excluding carboxylic acids is 3. The molecular weight excluding hydrogens is 512 g/mol. The highest BCUT2D eigenvalue weighted by molar-refractivity contribution is 5.95. The first-order valence-corrected chi connectivity index (χ1v) is 12.1. The first-order valence-electron chi connectivity index (χ1n) is 12.1. The normalized spacial score (nSPS) is 13.9. The molecule has 4 unspecified atom stereocenters. The van der Waals surface area contributed by atoms with Gasteiger partial charge in [0.05, 0.1) is 12.5 Å². The smallest absolute Gasteiger partial charge is 0.325 e. The second-order valence-corrected chi connectivity index (χ2v) is 8.91. The second kappa shape index (κ2) is 14.3. The molecule has 39 heavy (non-hydrogen) atoms. The van der Waals surface area contributed by atoms with Gasteiger partial charge in [-0.15, -0.1) is 0 Å². The SMILES string of the molecule is CC(NC(=O)C(Cc1c[nH]c2ccccc12)NC(=O)C(CCCN=C(N)N)NC(=O)C(N)CC(=O)O)C(=O)O. The van der Waals surface area contributed by atoms with Crippen LogP contribution in [-0.2, 0) is 30.4 Å². The predicted molar refractivity (Wildman–Crippen MR) is 141 cm³/mol. The summed E-state index contributed by atoms with van der Waals surface area (Å²) in [6.07, 6.45) is 1.30. The summed E-state index contributed by atoms with van der Waals surface area (Å²) >= 11 is 0. The van der Waals surface area contributed by atoms with E-state index in [4.69, 9.17) is 22.3 Å². The van der Waals surface area contributed by atoms with E-state index in [1.54, 1.807) is 6.20 Å². The van der Waals surface area contributed by atoms with Gasteiger partial charge in [0.2, 0.25) is 17.7 Å². The Morgan fingerprint density at radius 2 is 1.62 bits per heavy atom. The quantitative estimate of drug-likeness (QED) is 0.0681. The Labute approximate surface area is 223 Å². The van der Waals surface area contributed by atoms with Gasteiger partial charge in [-0.25, -0.2) is 0 Å². The highest BCUT2D eigenvalue weighted by Crippen LogP contribution is 2.19. The van der Waals surface area contributed by atoms with E-state index in [0.29, 0.717) is 5.56 Å². The number of carboxylic acids is 2. The number of carbonyl (C=O) groups is 5. The van der Waals surface area contributed by atoms with Gasteiger partial charge >= 0.3 is 11.9 Å². The van der Waals surface area contributed by atoms with Crippen molar-refractivity contribution in [2.24, 2.45) is 22.2 Å². The predicted octanol–water partition coefficient (Wildman–Crippen LogP) is -1.88. The number of hydrogen-bond donors (Lipinski definition) is 9. The highest BCUT2D eigenvalue weighted by Gasteiger charge is 2.30. The number of aromatic amines is 1. The molecule has 1 aromatic carbocycles. The fourth-order valence-electron chi connectivity index (χ4n) is 3.71. The molecule has 15 nitrogen and oxygen atoms in total. The van der Waals surface area contributed by atoms with Gasteiger partial charge in [-0.3, -0.25) is 29.0 Å². The van der Waals surface area contributed by atoms with Crippen LogP contribution >= 0.6 is 0 Å². The van der Waals surface area contributed by atoms with Gasteiger partial charge in [0.15, 0.2) is 5.96 Å². The van der Waals surface area contributed by atoms with Gasteiger partial charge in [-0.1, -0.05) is 18.2 Å². The van der Waals surface area contributed by atoms with Crippen LogP contribution in [0, 0.1) is 0 Å². The zero-order valence-corrected chi connectivity index (χ0v) is 21.3. The fourth-order valence-corrected chi connectivity index (χ4v) is 3.71. The number of para-hydroxylation sites is 1. The van der Waals surface area contributed by atoms with Gasteiger partial charge in [0.25, 0.3) is 0 Å². The van der Waals surface area contributed by atoms with Gasteiger partial charge in [0.1, 0.15) is 18.1 Å². The molecular formula is C24H34N8O7. The summed E-state index contributed by atoms with van der Waals surface area (Å²) < 4.78 is 0. The molecule has 2 rings (SSSR count). The highest BCUT2D eigenvalue weighted by atomic mass is 16.4. The molecule has 12 N–H and O–H groups in total. The van der Waals surface area contributed by atoms with E-state index >= 15 is 0 Å². The number of benzene rings is 1. The van der Waals surface area contributed by atoms with Crippen LogP contribution in [0.3, 0.4) is 0 Å². The average Bonchev–Trinajstić information content (AvgIpc) is 3.27. The zero-order chi connectivity index (χ0) is 29.1. The van der Waals surface area contributed by atoms with Crippen molar-refractivity contribution in [3.8, 4) is 0 Å². The van der Waals surface area contributed by atoms with Crippen LogP contribution in [0.2, 0.25) is 0 Å². The van der Waals surface area contributed by atoms with E-state index in [2.05, 4.69) is 25.9 Å². The van der Waals surface area contributed by atoms with Gasteiger partial charge in [0, 0.05) is 30.1 Å². The number of hydrogen-bond acceptors (Lipinski definition) is 7. The number of fused-ring (bicyclic) bond motifs is 1. The van der Waals surface area contributed by atoms with Crippen molar-refractivity contribution >= 4 is 46.5 Å². The van der Waals surface area contributed by atoms with Gasteiger partial charge < -0.3 is 48.3 Å². The average molecular weight is 547 g/mol. The van der Waals surface area contributed by atoms with Crippen LogP contribution in [-0.4, -0.2) is 81.5 Å². The van der Waals surface area contributed by atoms with E-state index in [1.165, 1.54) is 6.92 Å². The molecule has 3 amide bonds. The maximum atomic E-state index is 13.3. The van der Waals surface area contributed by atoms with Crippen molar-refractivity contribution in [2.45, 2.75) is 56.8 Å². The molecule has 0 fully saturated rings. The fraction of sp³-hybridized carbons (Fsp3) is 0.417. The van der Waals surface area contributed by atoms with E-state index in [9.17, 15) is 29.1 Å². The van der Waals surface area contributed by atoms with Crippen molar-refractivity contribution in [3.05, 3.63) is 36.0 Å². The number of nitrogens with zero attached hydrogens (tertiary/aromatic N) is 1. The molecule has 0 spiro atoms. The minimum absolute atomic E-state index is 0.00111. The van der Waals surface area contributed by atoms with E-state index < -0.39 is 60.2 Å². The lowest BCUT2D eigenvalue weighted by molar-refractivity contribution is -0.141. The Morgan fingerprint density at radius 1 is 0.974 bits per heavy atom. The maximum Gasteiger partial charge on any atom is 0.325 e. The molecule has 1 heterocycles. The van der Waals surface area contributed by atoms with Crippen molar-refractivity contribution in [1.29, 1.82) is 0 Å². The number of rotatable bonds is 15. The van der Waals surface area contributed by atoms with E-state index in [-0.39, 0.29) is 31.8 Å². The topological polar surface area (TPSA) is 268 Å². The Hall–Kier alpha value is -4.66. The third kappa shape index (κ3) is 9.62. The number of carboxylic acid groups (broad SMARTS) is 2. The summed E-state index contributed by atoms with van der Waals surface area (Å²) in [5.41, 5.74) is 17.8. The van der Waals surface area contributed by atoms with Crippen molar-refractivity contribution in [3.63, 3.8) is 0 Å². The number of amides is 3. The summed E-state index contributed by atoms with van der Waals surface area (Å²) in [5.74, 6) is -5.12. The molecule has 0 saturated heterocycles. The van der Waals surface area contributed by atoms with Crippen molar-refractivity contribution < 1.29 is 34.2 Å². The van der Waals surface area contributed by atoms with Crippen LogP contribution in [0.1, 0.15) is 31.7 Å². The van der Waals surface area contributed by atoms with E-state index in [0.717, 1.165) is 10.9 Å². The molecule has 1 aromatic heterocycles. The third-order valence-electron chi connectivity index (χ3n) is 5.77. The number of aromatic nitrogens is 1. The third-order valence-corrected chi connectivity index (χ3v) is 5.77. The standard InChI is InChI=1S/C24H34N8O7/c1-12(23(38)39)30-22(37)18(9-13-11-29-16-6-3-2-5-14(13)16)32-21(36)17(7-4-8-28-24(26)27)31-20(35)15(25)10-19(33)34/h2-3,5-6,11-12,15,17-18,29H,4,7-10,25H2,1H3,(H,30,37)(H,31,35)(H,32,36)(H,33,34)(H,38,39)(H4,26,27,28). The number of nitrogens with two attached hydrogens (primary N) is 3. The molecule has 15 heteroatoms. The Morgan fingerprint density at radius 3 is 2.26 bits per heavy atom. The second-order valence-electron chi connectivity index (χ2n) is 8.91. The van der Waals surface area contributed by atoms with Gasteiger partial charge in [-0.05, 0) is 31.4 Å². The lowest BCUT2D eigenvalue weighted by Crippen LogP contribution is -2.57. The minimum Gasteiger partial charge on any atom is -0.481 e.